The Hall–Kier alpha value is 0.260. The summed E-state index contributed by atoms with van der Waals surface area (Å²) in [6.45, 7) is 0. The Kier molecular flexibility index (Phi) is 13.7. The van der Waals surface area contributed by atoms with Crippen molar-refractivity contribution in [3.05, 3.63) is 60.7 Å². The number of hydrogen-bond donors (Lipinski definition) is 0. The van der Waals surface area contributed by atoms with E-state index in [4.69, 9.17) is 0 Å². The third-order valence-electron chi connectivity index (χ3n) is 1.60. The summed E-state index contributed by atoms with van der Waals surface area (Å²) in [6.07, 6.45) is 0. The summed E-state index contributed by atoms with van der Waals surface area (Å²) in [4.78, 5) is 0. The average Bonchev–Trinajstić information content (AvgIpc) is 2.21. The Labute approximate surface area is 123 Å². The minimum Gasteiger partial charge on any atom is -1.00 e. The van der Waals surface area contributed by atoms with Gasteiger partial charge in [-0.15, -0.1) is 18.5 Å². The van der Waals surface area contributed by atoms with E-state index in [-0.39, 0.29) is 34.0 Å². The van der Waals surface area contributed by atoms with Crippen molar-refractivity contribution in [2.45, 2.75) is 0 Å². The molecule has 16 heavy (non-hydrogen) atoms. The van der Waals surface area contributed by atoms with Crippen LogP contribution in [0, 0.1) is 0 Å². The van der Waals surface area contributed by atoms with E-state index in [1.807, 2.05) is 60.7 Å². The largest absolute Gasteiger partial charge is 1.00 e. The predicted molar refractivity (Wildman–Crippen MR) is 71.6 cm³/mol. The first-order valence-electron chi connectivity index (χ1n) is 4.40. The van der Waals surface area contributed by atoms with Gasteiger partial charge in [-0.1, -0.05) is 60.7 Å². The first-order valence-corrected chi connectivity index (χ1v) is 5.55. The zero-order valence-electron chi connectivity index (χ0n) is 8.68. The van der Waals surface area contributed by atoms with E-state index in [0.29, 0.717) is 0 Å². The third-order valence-corrected chi connectivity index (χ3v) is 2.37. The minimum absolute atomic E-state index is 0. The van der Waals surface area contributed by atoms with Crippen LogP contribution in [-0.2, 0) is 0 Å². The Morgan fingerprint density at radius 1 is 0.500 bits per heavy atom. The van der Waals surface area contributed by atoms with E-state index in [0.717, 1.165) is 0 Å². The first kappa shape index (κ1) is 18.6. The molecule has 0 bridgehead atoms. The molecule has 2 rings (SSSR count). The van der Waals surface area contributed by atoms with Gasteiger partial charge in [-0.3, -0.25) is 0 Å². The molecule has 0 nitrogen and oxygen atoms in total. The molecule has 2 aromatic rings. The molecule has 0 N–H and O–H groups in total. The molecule has 0 aromatic heterocycles. The van der Waals surface area contributed by atoms with E-state index in [2.05, 4.69) is 18.5 Å². The van der Waals surface area contributed by atoms with Crippen molar-refractivity contribution < 1.29 is 34.0 Å². The van der Waals surface area contributed by atoms with Crippen LogP contribution in [0.2, 0.25) is 0 Å². The normalized spacial score (nSPS) is 7.62. The summed E-state index contributed by atoms with van der Waals surface area (Å²) < 4.78 is 0. The van der Waals surface area contributed by atoms with E-state index in [9.17, 15) is 0 Å². The molecule has 88 valence electrons. The van der Waals surface area contributed by atoms with Crippen molar-refractivity contribution in [3.8, 4) is 0 Å². The maximum Gasteiger partial charge on any atom is -0.0303 e. The molecular weight excluding hydrogens is 366 g/mol. The van der Waals surface area contributed by atoms with Crippen LogP contribution in [0.15, 0.2) is 60.7 Å². The zero-order valence-corrected chi connectivity index (χ0v) is 14.2. The van der Waals surface area contributed by atoms with Crippen molar-refractivity contribution in [1.82, 2.24) is 0 Å². The van der Waals surface area contributed by atoms with Gasteiger partial charge in [0.1, 0.15) is 0 Å². The fraction of sp³-hybridized carbons (Fsp3) is 0. The molecule has 2 atom stereocenters. The number of halogens is 2. The van der Waals surface area contributed by atoms with Gasteiger partial charge in [0.2, 0.25) is 0 Å². The Bertz CT molecular complexity index is 314. The topological polar surface area (TPSA) is 0 Å². The van der Waals surface area contributed by atoms with Crippen molar-refractivity contribution in [2.75, 3.05) is 0 Å². The number of rotatable bonds is 0. The lowest BCUT2D eigenvalue weighted by molar-refractivity contribution is -0.00100. The van der Waals surface area contributed by atoms with Crippen LogP contribution in [0.3, 0.4) is 0 Å². The van der Waals surface area contributed by atoms with Crippen LogP contribution in [-0.4, -0.2) is 0 Å². The Morgan fingerprint density at radius 3 is 0.875 bits per heavy atom. The van der Waals surface area contributed by atoms with E-state index < -0.39 is 0 Å². The standard InChI is InChI=1S/2C6H7P.2BrH/c2*7-6-4-2-1-3-5-6;;/h2*1-5H,7H2;2*1H/p-2. The van der Waals surface area contributed by atoms with Crippen molar-refractivity contribution in [2.24, 2.45) is 0 Å². The summed E-state index contributed by atoms with van der Waals surface area (Å²) >= 11 is 0. The van der Waals surface area contributed by atoms with E-state index in [1.54, 1.807) is 0 Å². The number of benzene rings is 2. The first-order chi connectivity index (χ1) is 6.79. The van der Waals surface area contributed by atoms with Crippen LogP contribution in [0.25, 0.3) is 0 Å². The molecule has 2 aromatic carbocycles. The maximum atomic E-state index is 2.63. The lowest BCUT2D eigenvalue weighted by Crippen LogP contribution is -3.00. The second-order valence-corrected chi connectivity index (χ2v) is 4.15. The van der Waals surface area contributed by atoms with Gasteiger partial charge >= 0.3 is 0 Å². The van der Waals surface area contributed by atoms with Crippen molar-refractivity contribution in [3.63, 3.8) is 0 Å². The summed E-state index contributed by atoms with van der Waals surface area (Å²) in [7, 11) is 5.26. The van der Waals surface area contributed by atoms with E-state index >= 15 is 0 Å². The predicted octanol–water partition coefficient (Wildman–Crippen LogP) is -3.62. The molecule has 0 aliphatic carbocycles. The van der Waals surface area contributed by atoms with Crippen molar-refractivity contribution >= 4 is 29.1 Å². The highest BCUT2D eigenvalue weighted by atomic mass is 79.9. The highest BCUT2D eigenvalue weighted by Crippen LogP contribution is 1.86. The number of hydrogen-bond acceptors (Lipinski definition) is 0. The molecule has 2 unspecified atom stereocenters. The molecule has 4 heteroatoms. The molecule has 0 saturated carbocycles. The monoisotopic (exact) mass is 378 g/mol. The van der Waals surface area contributed by atoms with Gasteiger partial charge in [-0.05, 0) is 10.6 Å². The second kappa shape index (κ2) is 11.7. The third kappa shape index (κ3) is 9.48. The lowest BCUT2D eigenvalue weighted by Gasteiger charge is -1.82. The van der Waals surface area contributed by atoms with E-state index in [1.165, 1.54) is 10.6 Å². The summed E-state index contributed by atoms with van der Waals surface area (Å²) in [6, 6.07) is 20.3. The SMILES string of the molecule is Pc1ccccc1.Pc1ccccc1.[Br-].[Br-]. The molecule has 0 aliphatic heterocycles. The van der Waals surface area contributed by atoms with Gasteiger partial charge in [-0.2, -0.15) is 0 Å². The Balaban J connectivity index is 0. The van der Waals surface area contributed by atoms with Gasteiger partial charge in [0, 0.05) is 0 Å². The second-order valence-electron chi connectivity index (χ2n) is 2.82. The van der Waals surface area contributed by atoms with Gasteiger partial charge in [0.25, 0.3) is 0 Å². The lowest BCUT2D eigenvalue weighted by atomic mass is 10.4. The van der Waals surface area contributed by atoms with Crippen LogP contribution in [0.1, 0.15) is 0 Å². The molecule has 0 fully saturated rings. The molecular formula is C12H14Br2P2-2. The molecule has 0 saturated heterocycles. The van der Waals surface area contributed by atoms with Gasteiger partial charge in [0.05, 0.1) is 0 Å². The zero-order chi connectivity index (χ0) is 10.2. The smallest absolute Gasteiger partial charge is 0.0303 e. The van der Waals surface area contributed by atoms with Gasteiger partial charge in [-0.25, -0.2) is 0 Å². The quantitative estimate of drug-likeness (QED) is 0.415. The highest BCUT2D eigenvalue weighted by Gasteiger charge is 1.72. The summed E-state index contributed by atoms with van der Waals surface area (Å²) in [5.41, 5.74) is 0. The summed E-state index contributed by atoms with van der Waals surface area (Å²) in [5.74, 6) is 0. The van der Waals surface area contributed by atoms with Crippen molar-refractivity contribution in [1.29, 1.82) is 0 Å². The maximum absolute atomic E-state index is 2.63. The van der Waals surface area contributed by atoms with Crippen LogP contribution < -0.4 is 44.6 Å². The molecule has 0 aliphatic rings. The molecule has 0 amide bonds. The molecule has 0 radical (unpaired) electrons. The average molecular weight is 380 g/mol. The highest BCUT2D eigenvalue weighted by molar-refractivity contribution is 7.27. The molecule has 0 heterocycles. The fourth-order valence-electron chi connectivity index (χ4n) is 0.906. The Morgan fingerprint density at radius 2 is 0.750 bits per heavy atom. The molecule has 0 spiro atoms. The van der Waals surface area contributed by atoms with Crippen LogP contribution in [0.5, 0.6) is 0 Å². The van der Waals surface area contributed by atoms with Gasteiger partial charge in [0.15, 0.2) is 0 Å². The summed E-state index contributed by atoms with van der Waals surface area (Å²) in [5, 5.41) is 2.48. The van der Waals surface area contributed by atoms with Crippen LogP contribution in [0.4, 0.5) is 0 Å². The van der Waals surface area contributed by atoms with Gasteiger partial charge < -0.3 is 34.0 Å². The fourth-order valence-corrected chi connectivity index (χ4v) is 1.35. The minimum atomic E-state index is 0. The van der Waals surface area contributed by atoms with Crippen LogP contribution >= 0.6 is 18.5 Å².